The van der Waals surface area contributed by atoms with Crippen molar-refractivity contribution in [2.75, 3.05) is 11.6 Å². The van der Waals surface area contributed by atoms with Crippen LogP contribution in [0, 0.1) is 0 Å². The molecule has 2 aromatic carbocycles. The van der Waals surface area contributed by atoms with Crippen LogP contribution < -0.4 is 14.8 Å². The number of amides is 1. The number of hydrogen-bond acceptors (Lipinski definition) is 6. The molecule has 1 aliphatic rings. The smallest absolute Gasteiger partial charge is 0.257 e. The van der Waals surface area contributed by atoms with Gasteiger partial charge < -0.3 is 14.8 Å². The van der Waals surface area contributed by atoms with Crippen LogP contribution in [0.2, 0.25) is 5.02 Å². The fourth-order valence-electron chi connectivity index (χ4n) is 3.51. The van der Waals surface area contributed by atoms with Gasteiger partial charge in [-0.05, 0) is 38.1 Å². The van der Waals surface area contributed by atoms with Crippen molar-refractivity contribution in [1.82, 2.24) is 9.78 Å². The van der Waals surface area contributed by atoms with Gasteiger partial charge in [0.1, 0.15) is 22.8 Å². The molecule has 0 unspecified atom stereocenters. The Morgan fingerprint density at radius 2 is 2.00 bits per heavy atom. The highest BCUT2D eigenvalue weighted by Gasteiger charge is 2.34. The summed E-state index contributed by atoms with van der Waals surface area (Å²) in [6, 6.07) is 9.34. The van der Waals surface area contributed by atoms with Crippen LogP contribution in [0.1, 0.15) is 29.8 Å². The third-order valence-corrected chi connectivity index (χ3v) is 6.48. The molecule has 0 fully saturated rings. The Morgan fingerprint density at radius 1 is 1.25 bits per heavy atom. The maximum Gasteiger partial charge on any atom is 0.257 e. The predicted octanol–water partition coefficient (Wildman–Crippen LogP) is 4.24. The highest BCUT2D eigenvalue weighted by molar-refractivity contribution is 7.90. The van der Waals surface area contributed by atoms with Gasteiger partial charge >= 0.3 is 0 Å². The first-order valence-electron chi connectivity index (χ1n) is 9.76. The third kappa shape index (κ3) is 4.58. The minimum absolute atomic E-state index is 0.0182. The average Bonchev–Trinajstić information content (AvgIpc) is 3.21. The van der Waals surface area contributed by atoms with Crippen molar-refractivity contribution in [1.29, 1.82) is 0 Å². The molecule has 0 spiro atoms. The molecular weight excluding hydrogens is 454 g/mol. The molecule has 168 valence electrons. The van der Waals surface area contributed by atoms with Crippen molar-refractivity contribution >= 4 is 33.2 Å². The molecule has 0 atom stereocenters. The Labute approximate surface area is 191 Å². The largest absolute Gasteiger partial charge is 0.487 e. The van der Waals surface area contributed by atoms with Crippen molar-refractivity contribution in [3.63, 3.8) is 0 Å². The van der Waals surface area contributed by atoms with Crippen LogP contribution in [-0.2, 0) is 23.3 Å². The van der Waals surface area contributed by atoms with E-state index in [0.29, 0.717) is 35.1 Å². The highest BCUT2D eigenvalue weighted by atomic mass is 35.5. The summed E-state index contributed by atoms with van der Waals surface area (Å²) in [6.45, 7) is 3.89. The summed E-state index contributed by atoms with van der Waals surface area (Å²) < 4.78 is 37.3. The Bertz CT molecular complexity index is 1330. The van der Waals surface area contributed by atoms with Crippen LogP contribution in [0.25, 0.3) is 0 Å². The van der Waals surface area contributed by atoms with Crippen molar-refractivity contribution in [2.45, 2.75) is 30.8 Å². The number of carbonyl (C=O) groups excluding carboxylic acids is 1. The van der Waals surface area contributed by atoms with Gasteiger partial charge in [-0.2, -0.15) is 5.10 Å². The summed E-state index contributed by atoms with van der Waals surface area (Å²) in [5.41, 5.74) is 0.683. The summed E-state index contributed by atoms with van der Waals surface area (Å²) in [5, 5.41) is 6.96. The van der Waals surface area contributed by atoms with E-state index in [1.54, 1.807) is 36.1 Å². The quantitative estimate of drug-likeness (QED) is 0.592. The molecule has 3 aromatic rings. The first-order valence-corrected chi connectivity index (χ1v) is 12.0. The molecule has 10 heteroatoms. The van der Waals surface area contributed by atoms with E-state index >= 15 is 0 Å². The van der Waals surface area contributed by atoms with E-state index < -0.39 is 15.4 Å². The van der Waals surface area contributed by atoms with Gasteiger partial charge in [0.05, 0.1) is 9.92 Å². The molecule has 1 amide bonds. The van der Waals surface area contributed by atoms with Crippen molar-refractivity contribution in [3.8, 4) is 17.2 Å². The van der Waals surface area contributed by atoms with Gasteiger partial charge in [0.15, 0.2) is 15.7 Å². The molecule has 2 heterocycles. The topological polar surface area (TPSA) is 99.5 Å². The number of fused-ring (bicyclic) bond motifs is 1. The van der Waals surface area contributed by atoms with Gasteiger partial charge in [-0.1, -0.05) is 11.6 Å². The van der Waals surface area contributed by atoms with Crippen molar-refractivity contribution in [2.24, 2.45) is 7.05 Å². The highest BCUT2D eigenvalue weighted by Crippen LogP contribution is 2.43. The maximum absolute atomic E-state index is 12.8. The standard InChI is InChI=1S/C22H22ClN3O5S/c1-22(2)12-15-17(30-14-5-6-19(16(23)11-14)32(4,28)29)9-13(10-18(15)31-22)21(27)24-20-7-8-26(3)25-20/h5-11H,12H2,1-4H3,(H,24,25,27). The third-order valence-electron chi connectivity index (χ3n) is 4.90. The summed E-state index contributed by atoms with van der Waals surface area (Å²) in [5.74, 6) is 1.39. The number of aryl methyl sites for hydroxylation is 1. The molecule has 0 radical (unpaired) electrons. The molecule has 0 saturated heterocycles. The van der Waals surface area contributed by atoms with Gasteiger partial charge in [0.25, 0.3) is 5.91 Å². The van der Waals surface area contributed by atoms with Crippen LogP contribution in [0.3, 0.4) is 0 Å². The lowest BCUT2D eigenvalue weighted by Gasteiger charge is -2.16. The summed E-state index contributed by atoms with van der Waals surface area (Å²) >= 11 is 6.16. The number of sulfone groups is 1. The van der Waals surface area contributed by atoms with E-state index in [1.807, 2.05) is 13.8 Å². The minimum Gasteiger partial charge on any atom is -0.487 e. The monoisotopic (exact) mass is 475 g/mol. The second kappa shape index (κ2) is 7.83. The van der Waals surface area contributed by atoms with Crippen LogP contribution in [0.4, 0.5) is 5.82 Å². The lowest BCUT2D eigenvalue weighted by atomic mass is 9.99. The number of aromatic nitrogens is 2. The SMILES string of the molecule is Cn1ccc(NC(=O)c2cc(Oc3ccc(S(C)(=O)=O)c(Cl)c3)c3c(c2)OC(C)(C)C3)n1. The van der Waals surface area contributed by atoms with E-state index in [0.717, 1.165) is 11.8 Å². The second-order valence-corrected chi connectivity index (χ2v) is 10.7. The summed E-state index contributed by atoms with van der Waals surface area (Å²) in [7, 11) is -1.71. The van der Waals surface area contributed by atoms with Crippen LogP contribution in [-0.4, -0.2) is 36.0 Å². The van der Waals surface area contributed by atoms with Crippen molar-refractivity contribution < 1.29 is 22.7 Å². The van der Waals surface area contributed by atoms with Crippen LogP contribution >= 0.6 is 11.6 Å². The Balaban J connectivity index is 1.70. The fourth-order valence-corrected chi connectivity index (χ4v) is 4.83. The minimum atomic E-state index is -3.46. The number of hydrogen-bond donors (Lipinski definition) is 1. The summed E-state index contributed by atoms with van der Waals surface area (Å²) in [6.07, 6.45) is 3.39. The van der Waals surface area contributed by atoms with Gasteiger partial charge in [0.2, 0.25) is 0 Å². The fraction of sp³-hybridized carbons (Fsp3) is 0.273. The summed E-state index contributed by atoms with van der Waals surface area (Å²) in [4.78, 5) is 12.9. The molecule has 1 N–H and O–H groups in total. The number of anilines is 1. The maximum atomic E-state index is 12.8. The Morgan fingerprint density at radius 3 is 2.62 bits per heavy atom. The Hall–Kier alpha value is -3.04. The van der Waals surface area contributed by atoms with Gasteiger partial charge in [-0.25, -0.2) is 8.42 Å². The van der Waals surface area contributed by atoms with Gasteiger partial charge in [-0.15, -0.1) is 0 Å². The predicted molar refractivity (Wildman–Crippen MR) is 121 cm³/mol. The number of nitrogens with zero attached hydrogens (tertiary/aromatic N) is 2. The molecule has 4 rings (SSSR count). The second-order valence-electron chi connectivity index (χ2n) is 8.28. The molecule has 0 saturated carbocycles. The number of nitrogens with one attached hydrogen (secondary N) is 1. The van der Waals surface area contributed by atoms with E-state index in [-0.39, 0.29) is 15.8 Å². The zero-order valence-electron chi connectivity index (χ0n) is 18.0. The molecule has 1 aromatic heterocycles. The number of ether oxygens (including phenoxy) is 2. The van der Waals surface area contributed by atoms with Crippen molar-refractivity contribution in [3.05, 3.63) is 58.7 Å². The normalized spacial score (nSPS) is 14.5. The number of rotatable bonds is 5. The zero-order chi connectivity index (χ0) is 23.3. The first kappa shape index (κ1) is 22.2. The average molecular weight is 476 g/mol. The number of halogens is 1. The molecule has 8 nitrogen and oxygen atoms in total. The molecule has 0 aliphatic carbocycles. The van der Waals surface area contributed by atoms with E-state index in [2.05, 4.69) is 10.4 Å². The lowest BCUT2D eigenvalue weighted by molar-refractivity contribution is 0.102. The number of benzene rings is 2. The first-order chi connectivity index (χ1) is 14.9. The molecule has 0 bridgehead atoms. The Kier molecular flexibility index (Phi) is 5.42. The molecule has 1 aliphatic heterocycles. The van der Waals surface area contributed by atoms with Gasteiger partial charge in [0, 0.05) is 49.2 Å². The van der Waals surface area contributed by atoms with E-state index in [4.69, 9.17) is 21.1 Å². The lowest BCUT2D eigenvalue weighted by Crippen LogP contribution is -2.24. The van der Waals surface area contributed by atoms with Gasteiger partial charge in [-0.3, -0.25) is 9.48 Å². The zero-order valence-corrected chi connectivity index (χ0v) is 19.5. The molecule has 32 heavy (non-hydrogen) atoms. The van der Waals surface area contributed by atoms with E-state index in [9.17, 15) is 13.2 Å². The number of carbonyl (C=O) groups is 1. The van der Waals surface area contributed by atoms with E-state index in [1.165, 1.54) is 18.2 Å². The van der Waals surface area contributed by atoms with Crippen LogP contribution in [0.15, 0.2) is 47.5 Å². The van der Waals surface area contributed by atoms with Crippen LogP contribution in [0.5, 0.6) is 17.2 Å². The molecular formula is C22H22ClN3O5S.